The maximum absolute atomic E-state index is 12.4. The first-order valence-electron chi connectivity index (χ1n) is 10.0. The van der Waals surface area contributed by atoms with Gasteiger partial charge in [-0.05, 0) is 50.5 Å². The summed E-state index contributed by atoms with van der Waals surface area (Å²) in [4.78, 5) is 26.8. The lowest BCUT2D eigenvalue weighted by molar-refractivity contribution is -0.119. The van der Waals surface area contributed by atoms with E-state index < -0.39 is 11.9 Å². The van der Waals surface area contributed by atoms with E-state index in [0.29, 0.717) is 17.9 Å². The van der Waals surface area contributed by atoms with E-state index >= 15 is 0 Å². The molecule has 0 aliphatic carbocycles. The fourth-order valence-corrected chi connectivity index (χ4v) is 3.71. The Labute approximate surface area is 176 Å². The number of aromatic nitrogens is 2. The molecule has 0 radical (unpaired) electrons. The third kappa shape index (κ3) is 5.29. The SMILES string of the molecule is CCCCn1nc(C)c(C(=O)OCC(=O)Nc2ccc(N3CCCC3)cc2)c1Cl. The highest BCUT2D eigenvalue weighted by molar-refractivity contribution is 6.32. The lowest BCUT2D eigenvalue weighted by Crippen LogP contribution is -2.21. The number of hydrogen-bond donors (Lipinski definition) is 1. The third-order valence-electron chi connectivity index (χ3n) is 4.95. The zero-order valence-corrected chi connectivity index (χ0v) is 17.7. The summed E-state index contributed by atoms with van der Waals surface area (Å²) in [6, 6.07) is 7.68. The van der Waals surface area contributed by atoms with Crippen LogP contribution in [0, 0.1) is 6.92 Å². The first-order valence-corrected chi connectivity index (χ1v) is 10.4. The highest BCUT2D eigenvalue weighted by Crippen LogP contribution is 2.23. The van der Waals surface area contributed by atoms with Gasteiger partial charge < -0.3 is 15.0 Å². The molecule has 8 heteroatoms. The van der Waals surface area contributed by atoms with Crippen molar-refractivity contribution in [3.63, 3.8) is 0 Å². The highest BCUT2D eigenvalue weighted by Gasteiger charge is 2.22. The van der Waals surface area contributed by atoms with Crippen molar-refractivity contribution in [2.45, 2.75) is 46.1 Å². The molecule has 1 saturated heterocycles. The molecular formula is C21H27ClN4O3. The Morgan fingerprint density at radius 2 is 1.90 bits per heavy atom. The fraction of sp³-hybridized carbons (Fsp3) is 0.476. The molecule has 1 fully saturated rings. The van der Waals surface area contributed by atoms with E-state index in [1.54, 1.807) is 11.6 Å². The van der Waals surface area contributed by atoms with Crippen molar-refractivity contribution in [2.24, 2.45) is 0 Å². The average Bonchev–Trinajstić information content (AvgIpc) is 3.33. The lowest BCUT2D eigenvalue weighted by Gasteiger charge is -2.17. The summed E-state index contributed by atoms with van der Waals surface area (Å²) in [6.07, 6.45) is 4.33. The summed E-state index contributed by atoms with van der Waals surface area (Å²) in [6.45, 7) is 6.15. The smallest absolute Gasteiger partial charge is 0.343 e. The van der Waals surface area contributed by atoms with Gasteiger partial charge in [-0.15, -0.1) is 0 Å². The van der Waals surface area contributed by atoms with E-state index in [2.05, 4.69) is 22.2 Å². The van der Waals surface area contributed by atoms with Crippen molar-refractivity contribution in [1.29, 1.82) is 0 Å². The van der Waals surface area contributed by atoms with Crippen LogP contribution in [0.15, 0.2) is 24.3 Å². The number of benzene rings is 1. The second kappa shape index (κ2) is 9.78. The highest BCUT2D eigenvalue weighted by atomic mass is 35.5. The summed E-state index contributed by atoms with van der Waals surface area (Å²) in [7, 11) is 0. The van der Waals surface area contributed by atoms with Crippen LogP contribution in [0.1, 0.15) is 48.7 Å². The number of nitrogens with zero attached hydrogens (tertiary/aromatic N) is 3. The summed E-state index contributed by atoms with van der Waals surface area (Å²) in [5, 5.41) is 7.27. The zero-order chi connectivity index (χ0) is 20.8. The second-order valence-corrected chi connectivity index (χ2v) is 7.55. The molecule has 1 amide bonds. The Morgan fingerprint density at radius 3 is 2.55 bits per heavy atom. The molecule has 2 aromatic rings. The van der Waals surface area contributed by atoms with Gasteiger partial charge in [0.2, 0.25) is 0 Å². The quantitative estimate of drug-likeness (QED) is 0.654. The minimum atomic E-state index is -0.644. The first-order chi connectivity index (χ1) is 14.0. The van der Waals surface area contributed by atoms with Crippen LogP contribution in [-0.4, -0.2) is 41.4 Å². The van der Waals surface area contributed by atoms with E-state index in [1.807, 2.05) is 24.3 Å². The molecule has 3 rings (SSSR count). The van der Waals surface area contributed by atoms with Gasteiger partial charge in [0.05, 0.1) is 5.69 Å². The summed E-state index contributed by atoms with van der Waals surface area (Å²) >= 11 is 6.27. The molecule has 29 heavy (non-hydrogen) atoms. The fourth-order valence-electron chi connectivity index (χ4n) is 3.37. The minimum absolute atomic E-state index is 0.213. The number of nitrogens with one attached hydrogen (secondary N) is 1. The van der Waals surface area contributed by atoms with Gasteiger partial charge in [0, 0.05) is 31.0 Å². The van der Waals surface area contributed by atoms with Crippen molar-refractivity contribution >= 4 is 34.9 Å². The number of unbranched alkanes of at least 4 members (excludes halogenated alkanes) is 1. The molecule has 1 aliphatic rings. The van der Waals surface area contributed by atoms with Crippen molar-refractivity contribution in [2.75, 3.05) is 29.9 Å². The van der Waals surface area contributed by atoms with Crippen molar-refractivity contribution in [3.05, 3.63) is 40.7 Å². The van der Waals surface area contributed by atoms with Gasteiger partial charge in [-0.25, -0.2) is 4.79 Å². The summed E-state index contributed by atoms with van der Waals surface area (Å²) < 4.78 is 6.75. The van der Waals surface area contributed by atoms with E-state index in [4.69, 9.17) is 16.3 Å². The number of ether oxygens (including phenoxy) is 1. The molecular weight excluding hydrogens is 392 g/mol. The Kier molecular flexibility index (Phi) is 7.14. The molecule has 0 bridgehead atoms. The van der Waals surface area contributed by atoms with Gasteiger partial charge in [-0.1, -0.05) is 24.9 Å². The lowest BCUT2D eigenvalue weighted by atomic mass is 10.2. The molecule has 156 valence electrons. The van der Waals surface area contributed by atoms with Crippen LogP contribution in [0.5, 0.6) is 0 Å². The third-order valence-corrected chi connectivity index (χ3v) is 5.33. The van der Waals surface area contributed by atoms with Gasteiger partial charge >= 0.3 is 5.97 Å². The number of anilines is 2. The van der Waals surface area contributed by atoms with Crippen molar-refractivity contribution < 1.29 is 14.3 Å². The topological polar surface area (TPSA) is 76.5 Å². The van der Waals surface area contributed by atoms with Crippen LogP contribution >= 0.6 is 11.6 Å². The number of halogens is 1. The number of rotatable bonds is 8. The average molecular weight is 419 g/mol. The number of esters is 1. The number of hydrogen-bond acceptors (Lipinski definition) is 5. The number of carbonyl (C=O) groups is 2. The molecule has 7 nitrogen and oxygen atoms in total. The maximum atomic E-state index is 12.4. The van der Waals surface area contributed by atoms with Crippen molar-refractivity contribution in [1.82, 2.24) is 9.78 Å². The van der Waals surface area contributed by atoms with Gasteiger partial charge in [0.1, 0.15) is 10.7 Å². The van der Waals surface area contributed by atoms with E-state index in [9.17, 15) is 9.59 Å². The second-order valence-electron chi connectivity index (χ2n) is 7.19. The van der Waals surface area contributed by atoms with Gasteiger partial charge in [0.15, 0.2) is 6.61 Å². The Bertz CT molecular complexity index is 858. The Morgan fingerprint density at radius 1 is 1.21 bits per heavy atom. The molecule has 1 aromatic heterocycles. The number of amides is 1. The van der Waals surface area contributed by atoms with E-state index in [0.717, 1.165) is 31.6 Å². The Balaban J connectivity index is 1.52. The molecule has 0 spiro atoms. The number of aryl methyl sites for hydroxylation is 2. The number of carbonyl (C=O) groups excluding carboxylic acids is 2. The molecule has 1 aromatic carbocycles. The van der Waals surface area contributed by atoms with Crippen LogP contribution in [0.25, 0.3) is 0 Å². The largest absolute Gasteiger partial charge is 0.452 e. The van der Waals surface area contributed by atoms with E-state index in [-0.39, 0.29) is 17.3 Å². The monoisotopic (exact) mass is 418 g/mol. The Hall–Kier alpha value is -2.54. The van der Waals surface area contributed by atoms with Crippen molar-refractivity contribution in [3.8, 4) is 0 Å². The molecule has 1 N–H and O–H groups in total. The molecule has 0 atom stereocenters. The molecule has 2 heterocycles. The molecule has 1 aliphatic heterocycles. The first kappa shape index (κ1) is 21.2. The van der Waals surface area contributed by atoms with E-state index in [1.165, 1.54) is 12.8 Å². The van der Waals surface area contributed by atoms with Crippen LogP contribution in [-0.2, 0) is 16.1 Å². The predicted molar refractivity (Wildman–Crippen MR) is 114 cm³/mol. The van der Waals surface area contributed by atoms with Gasteiger partial charge in [-0.2, -0.15) is 5.10 Å². The van der Waals surface area contributed by atoms with Crippen LogP contribution in [0.4, 0.5) is 11.4 Å². The standard InChI is InChI=1S/C21H27ClN4O3/c1-3-4-13-26-20(22)19(15(2)24-26)21(28)29-14-18(27)23-16-7-9-17(10-8-16)25-11-5-6-12-25/h7-10H,3-6,11-14H2,1-2H3,(H,23,27). The summed E-state index contributed by atoms with van der Waals surface area (Å²) in [5.41, 5.74) is 2.52. The summed E-state index contributed by atoms with van der Waals surface area (Å²) in [5.74, 6) is -1.05. The maximum Gasteiger partial charge on any atom is 0.343 e. The predicted octanol–water partition coefficient (Wildman–Crippen LogP) is 4.04. The zero-order valence-electron chi connectivity index (χ0n) is 16.9. The molecule has 0 unspecified atom stereocenters. The normalized spacial score (nSPS) is 13.6. The van der Waals surface area contributed by atoms with Gasteiger partial charge in [-0.3, -0.25) is 9.48 Å². The van der Waals surface area contributed by atoms with Crippen LogP contribution < -0.4 is 10.2 Å². The molecule has 0 saturated carbocycles. The van der Waals surface area contributed by atoms with Crippen LogP contribution in [0.3, 0.4) is 0 Å². The minimum Gasteiger partial charge on any atom is -0.452 e. The van der Waals surface area contributed by atoms with Gasteiger partial charge in [0.25, 0.3) is 5.91 Å². The van der Waals surface area contributed by atoms with Crippen LogP contribution in [0.2, 0.25) is 5.15 Å².